The van der Waals surface area contributed by atoms with Crippen molar-refractivity contribution < 1.29 is 22.3 Å². The third kappa shape index (κ3) is 19.1. The Morgan fingerprint density at radius 3 is 1.89 bits per heavy atom. The van der Waals surface area contributed by atoms with Crippen molar-refractivity contribution >= 4 is 10.4 Å². The summed E-state index contributed by atoms with van der Waals surface area (Å²) < 4.78 is 29.3. The maximum atomic E-state index is 9.34. The molecule has 6 nitrogen and oxygen atoms in total. The summed E-state index contributed by atoms with van der Waals surface area (Å²) in [6.07, 6.45) is 0.770. The Labute approximate surface area is 52.2 Å². The molecule has 54 valence electrons. The second kappa shape index (κ2) is 5.30. The molecule has 0 rings (SSSR count). The van der Waals surface area contributed by atoms with Crippen molar-refractivity contribution in [2.45, 2.75) is 0 Å². The highest BCUT2D eigenvalue weighted by Crippen LogP contribution is 1.78. The monoisotopic (exact) mass is 155 g/mol. The van der Waals surface area contributed by atoms with Crippen LogP contribution in [0.25, 0.3) is 0 Å². The van der Waals surface area contributed by atoms with Crippen LogP contribution in [0.1, 0.15) is 0 Å². The average Bonchev–Trinajstić information content (AvgIpc) is 1.69. The van der Waals surface area contributed by atoms with Crippen LogP contribution < -0.4 is 0 Å². The highest BCUT2D eigenvalue weighted by atomic mass is 32.3. The zero-order chi connectivity index (χ0) is 7.91. The van der Waals surface area contributed by atoms with E-state index in [1.54, 1.807) is 0 Å². The molecule has 0 aromatic rings. The molecule has 0 aromatic heterocycles. The Morgan fingerprint density at radius 2 is 1.89 bits per heavy atom. The fourth-order valence-electron chi connectivity index (χ4n) is 0.0471. The first kappa shape index (κ1) is 11.0. The van der Waals surface area contributed by atoms with Crippen LogP contribution in [-0.4, -0.2) is 25.2 Å². The topological polar surface area (TPSA) is 108 Å². The van der Waals surface area contributed by atoms with Crippen LogP contribution in [-0.2, 0) is 14.6 Å². The molecule has 0 atom stereocenters. The number of nitrogens with zero attached hydrogens (tertiary/aromatic N) is 1. The predicted molar refractivity (Wildman–Crippen MR) is 26.4 cm³/mol. The van der Waals surface area contributed by atoms with Gasteiger partial charge in [0, 0.05) is 7.11 Å². The first-order valence-electron chi connectivity index (χ1n) is 1.56. The molecule has 2 N–H and O–H groups in total. The van der Waals surface area contributed by atoms with E-state index < -0.39 is 10.4 Å². The normalized spacial score (nSPS) is 8.22. The van der Waals surface area contributed by atoms with E-state index in [0.29, 0.717) is 0 Å². The lowest BCUT2D eigenvalue weighted by molar-refractivity contribution is 0.367. The van der Waals surface area contributed by atoms with Gasteiger partial charge >= 0.3 is 16.7 Å². The molecule has 7 heteroatoms. The van der Waals surface area contributed by atoms with Crippen molar-refractivity contribution in [3.05, 3.63) is 0 Å². The van der Waals surface area contributed by atoms with Gasteiger partial charge in [0.15, 0.2) is 0 Å². The van der Waals surface area contributed by atoms with Gasteiger partial charge in [-0.05, 0) is 0 Å². The van der Waals surface area contributed by atoms with Crippen molar-refractivity contribution in [3.8, 4) is 6.26 Å². The van der Waals surface area contributed by atoms with Crippen molar-refractivity contribution in [3.63, 3.8) is 0 Å². The fraction of sp³-hybridized carbons (Fsp3) is 0.500. The highest BCUT2D eigenvalue weighted by Gasteiger charge is 1.99. The van der Waals surface area contributed by atoms with E-state index in [1.165, 1.54) is 0 Å². The third-order valence-electron chi connectivity index (χ3n) is 0.143. The Kier molecular flexibility index (Phi) is 6.49. The van der Waals surface area contributed by atoms with Gasteiger partial charge in [0.2, 0.25) is 0 Å². The number of aliphatic hydroxyl groups excluding tert-OH is 1. The van der Waals surface area contributed by atoms with Gasteiger partial charge in [-0.15, -0.1) is 5.26 Å². The summed E-state index contributed by atoms with van der Waals surface area (Å²) in [7, 11) is -3.54. The number of hydrogen-bond donors (Lipinski definition) is 2. The van der Waals surface area contributed by atoms with E-state index in [4.69, 9.17) is 14.9 Å². The summed E-state index contributed by atoms with van der Waals surface area (Å²) in [6, 6.07) is 0. The van der Waals surface area contributed by atoms with E-state index in [-0.39, 0.29) is 0 Å². The molecule has 0 saturated carbocycles. The zero-order valence-corrected chi connectivity index (χ0v) is 5.29. The summed E-state index contributed by atoms with van der Waals surface area (Å²) in [6.45, 7) is 0. The van der Waals surface area contributed by atoms with Crippen LogP contribution >= 0.6 is 0 Å². The second-order valence-electron chi connectivity index (χ2n) is 0.602. The van der Waals surface area contributed by atoms with Gasteiger partial charge in [-0.3, -0.25) is 8.74 Å². The Morgan fingerprint density at radius 1 is 1.56 bits per heavy atom. The minimum atomic E-state index is -4.54. The summed E-state index contributed by atoms with van der Waals surface area (Å²) >= 11 is 0. The van der Waals surface area contributed by atoms with E-state index >= 15 is 0 Å². The SMILES string of the molecule is CO.N#COS(=O)(=O)O. The highest BCUT2D eigenvalue weighted by molar-refractivity contribution is 7.81. The summed E-state index contributed by atoms with van der Waals surface area (Å²) in [5.74, 6) is 0. The van der Waals surface area contributed by atoms with Crippen molar-refractivity contribution in [1.29, 1.82) is 5.26 Å². The van der Waals surface area contributed by atoms with Crippen LogP contribution in [0.15, 0.2) is 0 Å². The van der Waals surface area contributed by atoms with Gasteiger partial charge < -0.3 is 5.11 Å². The molecule has 0 unspecified atom stereocenters. The number of hydrogen-bond acceptors (Lipinski definition) is 5. The molecule has 0 radical (unpaired) electrons. The van der Waals surface area contributed by atoms with Gasteiger partial charge in [-0.2, -0.15) is 8.42 Å². The smallest absolute Gasteiger partial charge is 0.400 e. The van der Waals surface area contributed by atoms with Crippen LogP contribution in [0.2, 0.25) is 0 Å². The molecule has 0 aliphatic rings. The van der Waals surface area contributed by atoms with E-state index in [9.17, 15) is 8.42 Å². The lowest BCUT2D eigenvalue weighted by atomic mass is 11.6. The Balaban J connectivity index is 0. The minimum Gasteiger partial charge on any atom is -0.400 e. The van der Waals surface area contributed by atoms with Crippen LogP contribution in [0.4, 0.5) is 0 Å². The fourth-order valence-corrected chi connectivity index (χ4v) is 0.141. The van der Waals surface area contributed by atoms with Crippen molar-refractivity contribution in [2.24, 2.45) is 0 Å². The molecular weight excluding hydrogens is 150 g/mol. The van der Waals surface area contributed by atoms with Crippen molar-refractivity contribution in [1.82, 2.24) is 0 Å². The quantitative estimate of drug-likeness (QED) is 0.367. The maximum absolute atomic E-state index is 9.34. The molecule has 0 heterocycles. The van der Waals surface area contributed by atoms with E-state index in [1.807, 2.05) is 0 Å². The minimum absolute atomic E-state index is 0.770. The molecule has 0 aromatic carbocycles. The molecule has 0 fully saturated rings. The standard InChI is InChI=1S/CHNO4S.CH4O/c2-1-6-7(3,4)5;1-2/h(H,3,4,5);2H,1H3. The predicted octanol–water partition coefficient (Wildman–Crippen LogP) is -1.10. The second-order valence-corrected chi connectivity index (χ2v) is 1.62. The summed E-state index contributed by atoms with van der Waals surface area (Å²) in [5.41, 5.74) is 0. The lowest BCUT2D eigenvalue weighted by Gasteiger charge is -1.80. The lowest BCUT2D eigenvalue weighted by Crippen LogP contribution is -1.96. The first-order chi connectivity index (χ1) is 4.06. The summed E-state index contributed by atoms with van der Waals surface area (Å²) in [5, 5.41) is 14.4. The molecule has 0 spiro atoms. The number of aliphatic hydroxyl groups is 1. The Bertz CT molecular complexity index is 176. The van der Waals surface area contributed by atoms with E-state index in [2.05, 4.69) is 4.18 Å². The van der Waals surface area contributed by atoms with Gasteiger partial charge in [0.25, 0.3) is 0 Å². The molecular formula is C2H5NO5S. The van der Waals surface area contributed by atoms with Crippen LogP contribution in [0.5, 0.6) is 0 Å². The molecule has 0 amide bonds. The first-order valence-corrected chi connectivity index (χ1v) is 2.92. The molecule has 0 aliphatic carbocycles. The van der Waals surface area contributed by atoms with Gasteiger partial charge in [-0.1, -0.05) is 0 Å². The van der Waals surface area contributed by atoms with Crippen LogP contribution in [0, 0.1) is 11.5 Å². The van der Waals surface area contributed by atoms with E-state index in [0.717, 1.165) is 13.4 Å². The molecule has 9 heavy (non-hydrogen) atoms. The zero-order valence-electron chi connectivity index (χ0n) is 4.47. The largest absolute Gasteiger partial charge is 0.456 e. The average molecular weight is 155 g/mol. The maximum Gasteiger partial charge on any atom is 0.456 e. The number of rotatable bonds is 1. The molecule has 0 saturated heterocycles. The van der Waals surface area contributed by atoms with Gasteiger partial charge in [0.1, 0.15) is 0 Å². The third-order valence-corrected chi connectivity index (χ3v) is 0.428. The summed E-state index contributed by atoms with van der Waals surface area (Å²) in [4.78, 5) is 0. The van der Waals surface area contributed by atoms with Gasteiger partial charge in [0.05, 0.1) is 0 Å². The number of nitriles is 1. The van der Waals surface area contributed by atoms with Crippen LogP contribution in [0.3, 0.4) is 0 Å². The Hall–Kier alpha value is -0.840. The molecule has 0 aliphatic heterocycles. The molecule has 0 bridgehead atoms. The van der Waals surface area contributed by atoms with Crippen molar-refractivity contribution in [2.75, 3.05) is 7.11 Å². The van der Waals surface area contributed by atoms with Gasteiger partial charge in [-0.25, -0.2) is 0 Å².